The van der Waals surface area contributed by atoms with Crippen LogP contribution in [0.2, 0.25) is 0 Å². The van der Waals surface area contributed by atoms with E-state index in [2.05, 4.69) is 53.7 Å². The third-order valence-corrected chi connectivity index (χ3v) is 5.28. The molecule has 1 saturated heterocycles. The first-order valence-corrected chi connectivity index (χ1v) is 10.2. The first-order chi connectivity index (χ1) is 10.8. The maximum atomic E-state index is 11.4. The fraction of sp³-hybridized carbons (Fsp3) is 0.647. The SMILES string of the molecule is CCc1ccc(N2CCC(N(C)C)CC2)c(CNS(C)(=O)=O)c1. The lowest BCUT2D eigenvalue weighted by molar-refractivity contribution is 0.249. The lowest BCUT2D eigenvalue weighted by Crippen LogP contribution is -2.42. The van der Waals surface area contributed by atoms with E-state index in [9.17, 15) is 8.42 Å². The van der Waals surface area contributed by atoms with Crippen molar-refractivity contribution in [2.24, 2.45) is 0 Å². The fourth-order valence-electron chi connectivity index (χ4n) is 3.14. The van der Waals surface area contributed by atoms with Gasteiger partial charge >= 0.3 is 0 Å². The highest BCUT2D eigenvalue weighted by atomic mass is 32.2. The fourth-order valence-corrected chi connectivity index (χ4v) is 3.56. The minimum atomic E-state index is -3.18. The molecule has 0 saturated carbocycles. The van der Waals surface area contributed by atoms with E-state index >= 15 is 0 Å². The van der Waals surface area contributed by atoms with Crippen LogP contribution >= 0.6 is 0 Å². The van der Waals surface area contributed by atoms with Crippen molar-refractivity contribution in [1.29, 1.82) is 0 Å². The van der Waals surface area contributed by atoms with Gasteiger partial charge in [-0.1, -0.05) is 19.1 Å². The topological polar surface area (TPSA) is 52.6 Å². The predicted molar refractivity (Wildman–Crippen MR) is 96.4 cm³/mol. The molecule has 2 rings (SSSR count). The van der Waals surface area contributed by atoms with Gasteiger partial charge in [-0.3, -0.25) is 0 Å². The van der Waals surface area contributed by atoms with Crippen LogP contribution in [0.3, 0.4) is 0 Å². The Balaban J connectivity index is 2.17. The lowest BCUT2D eigenvalue weighted by Gasteiger charge is -2.37. The molecule has 1 heterocycles. The van der Waals surface area contributed by atoms with Gasteiger partial charge in [0.15, 0.2) is 0 Å². The van der Waals surface area contributed by atoms with Crippen molar-refractivity contribution in [2.45, 2.75) is 38.8 Å². The highest BCUT2D eigenvalue weighted by molar-refractivity contribution is 7.88. The number of hydrogen-bond donors (Lipinski definition) is 1. The molecule has 1 aliphatic heterocycles. The lowest BCUT2D eigenvalue weighted by atomic mass is 10.0. The quantitative estimate of drug-likeness (QED) is 0.859. The molecule has 1 fully saturated rings. The summed E-state index contributed by atoms with van der Waals surface area (Å²) in [5.41, 5.74) is 3.47. The average Bonchev–Trinajstić information content (AvgIpc) is 2.52. The minimum Gasteiger partial charge on any atom is -0.371 e. The average molecular weight is 340 g/mol. The first-order valence-electron chi connectivity index (χ1n) is 8.28. The van der Waals surface area contributed by atoms with Crippen molar-refractivity contribution in [3.63, 3.8) is 0 Å². The van der Waals surface area contributed by atoms with Crippen molar-refractivity contribution in [1.82, 2.24) is 9.62 Å². The summed E-state index contributed by atoms with van der Waals surface area (Å²) < 4.78 is 25.5. The van der Waals surface area contributed by atoms with E-state index in [1.165, 1.54) is 11.8 Å². The van der Waals surface area contributed by atoms with E-state index in [1.54, 1.807) is 0 Å². The molecule has 0 spiro atoms. The molecule has 0 bridgehead atoms. The Morgan fingerprint density at radius 1 is 1.26 bits per heavy atom. The van der Waals surface area contributed by atoms with E-state index in [0.717, 1.165) is 43.6 Å². The number of piperidine rings is 1. The van der Waals surface area contributed by atoms with Gasteiger partial charge in [0.05, 0.1) is 6.26 Å². The smallest absolute Gasteiger partial charge is 0.209 e. The van der Waals surface area contributed by atoms with E-state index in [1.807, 2.05) is 0 Å². The number of nitrogens with zero attached hydrogens (tertiary/aromatic N) is 2. The second-order valence-electron chi connectivity index (χ2n) is 6.59. The molecular weight excluding hydrogens is 310 g/mol. The molecule has 0 atom stereocenters. The minimum absolute atomic E-state index is 0.357. The van der Waals surface area contributed by atoms with Gasteiger partial charge in [0.1, 0.15) is 0 Å². The number of sulfonamides is 1. The van der Waals surface area contributed by atoms with Gasteiger partial charge in [0.2, 0.25) is 10.0 Å². The molecule has 0 aromatic heterocycles. The predicted octanol–water partition coefficient (Wildman–Crippen LogP) is 1.83. The molecule has 1 aromatic rings. The second-order valence-corrected chi connectivity index (χ2v) is 8.42. The van der Waals surface area contributed by atoms with Crippen LogP contribution in [0.5, 0.6) is 0 Å². The molecule has 0 amide bonds. The zero-order valence-electron chi connectivity index (χ0n) is 14.7. The Morgan fingerprint density at radius 3 is 2.43 bits per heavy atom. The molecule has 0 radical (unpaired) electrons. The van der Waals surface area contributed by atoms with Gasteiger partial charge in [-0.05, 0) is 50.6 Å². The molecule has 23 heavy (non-hydrogen) atoms. The van der Waals surface area contributed by atoms with Gasteiger partial charge in [-0.2, -0.15) is 0 Å². The van der Waals surface area contributed by atoms with E-state index in [4.69, 9.17) is 0 Å². The molecule has 6 heteroatoms. The molecule has 5 nitrogen and oxygen atoms in total. The highest BCUT2D eigenvalue weighted by Crippen LogP contribution is 2.26. The summed E-state index contributed by atoms with van der Waals surface area (Å²) in [5, 5.41) is 0. The Hall–Kier alpha value is -1.11. The monoisotopic (exact) mass is 339 g/mol. The summed E-state index contributed by atoms with van der Waals surface area (Å²) >= 11 is 0. The number of hydrogen-bond acceptors (Lipinski definition) is 4. The van der Waals surface area contributed by atoms with Gasteiger partial charge in [0.25, 0.3) is 0 Å². The van der Waals surface area contributed by atoms with E-state index < -0.39 is 10.0 Å². The van der Waals surface area contributed by atoms with E-state index in [-0.39, 0.29) is 0 Å². The third-order valence-electron chi connectivity index (χ3n) is 4.61. The van der Waals surface area contributed by atoms with Gasteiger partial charge in [-0.15, -0.1) is 0 Å². The number of rotatable bonds is 6. The summed E-state index contributed by atoms with van der Waals surface area (Å²) in [7, 11) is 1.09. The summed E-state index contributed by atoms with van der Waals surface area (Å²) in [6, 6.07) is 7.07. The van der Waals surface area contributed by atoms with Crippen LogP contribution in [-0.4, -0.2) is 52.8 Å². The molecule has 0 unspecified atom stereocenters. The zero-order chi connectivity index (χ0) is 17.0. The van der Waals surface area contributed by atoms with Crippen LogP contribution in [0.25, 0.3) is 0 Å². The number of nitrogens with one attached hydrogen (secondary N) is 1. The van der Waals surface area contributed by atoms with Crippen LogP contribution in [0.1, 0.15) is 30.9 Å². The number of anilines is 1. The maximum Gasteiger partial charge on any atom is 0.209 e. The largest absolute Gasteiger partial charge is 0.371 e. The van der Waals surface area contributed by atoms with Crippen molar-refractivity contribution in [2.75, 3.05) is 38.3 Å². The van der Waals surface area contributed by atoms with Crippen molar-refractivity contribution in [3.8, 4) is 0 Å². The summed E-state index contributed by atoms with van der Waals surface area (Å²) in [6.07, 6.45) is 4.44. The van der Waals surface area contributed by atoms with Crippen molar-refractivity contribution < 1.29 is 8.42 Å². The molecule has 130 valence electrons. The zero-order valence-corrected chi connectivity index (χ0v) is 15.5. The molecule has 0 aliphatic carbocycles. The van der Waals surface area contributed by atoms with Gasteiger partial charge in [0, 0.05) is 31.4 Å². The van der Waals surface area contributed by atoms with Crippen LogP contribution in [0.15, 0.2) is 18.2 Å². The van der Waals surface area contributed by atoms with E-state index in [0.29, 0.717) is 12.6 Å². The van der Waals surface area contributed by atoms with Crippen LogP contribution < -0.4 is 9.62 Å². The van der Waals surface area contributed by atoms with Crippen molar-refractivity contribution >= 4 is 15.7 Å². The molecule has 1 N–H and O–H groups in total. The Bertz CT molecular complexity index is 621. The normalized spacial score (nSPS) is 17.0. The highest BCUT2D eigenvalue weighted by Gasteiger charge is 2.22. The van der Waals surface area contributed by atoms with Crippen LogP contribution in [0.4, 0.5) is 5.69 Å². The second kappa shape index (κ2) is 7.64. The molecular formula is C17H29N3O2S. The van der Waals surface area contributed by atoms with Crippen LogP contribution in [-0.2, 0) is 23.0 Å². The maximum absolute atomic E-state index is 11.4. The Kier molecular flexibility index (Phi) is 6.06. The summed E-state index contributed by atoms with van der Waals surface area (Å²) in [6.45, 7) is 4.50. The van der Waals surface area contributed by atoms with Gasteiger partial charge < -0.3 is 9.80 Å². The summed E-state index contributed by atoms with van der Waals surface area (Å²) in [4.78, 5) is 4.68. The first kappa shape index (κ1) is 18.2. The molecule has 1 aromatic carbocycles. The number of benzene rings is 1. The summed E-state index contributed by atoms with van der Waals surface area (Å²) in [5.74, 6) is 0. The third kappa shape index (κ3) is 5.19. The number of aryl methyl sites for hydroxylation is 1. The van der Waals surface area contributed by atoms with Gasteiger partial charge in [-0.25, -0.2) is 13.1 Å². The molecule has 1 aliphatic rings. The standard InChI is InChI=1S/C17H29N3O2S/c1-5-14-6-7-17(15(12-14)13-18-23(4,21)22)20-10-8-16(9-11-20)19(2)3/h6-7,12,16,18H,5,8-11,13H2,1-4H3. The Morgan fingerprint density at radius 2 is 1.91 bits per heavy atom. The van der Waals surface area contributed by atoms with Crippen molar-refractivity contribution in [3.05, 3.63) is 29.3 Å². The van der Waals surface area contributed by atoms with Crippen LogP contribution in [0, 0.1) is 0 Å². The Labute approximate surface area is 140 Å².